The lowest BCUT2D eigenvalue weighted by Crippen LogP contribution is -2.39. The van der Waals surface area contributed by atoms with Crippen LogP contribution in [0.15, 0.2) is 60.7 Å². The van der Waals surface area contributed by atoms with Crippen LogP contribution in [0.4, 0.5) is 23.4 Å². The number of hydrogen-bond donors (Lipinski definition) is 0. The van der Waals surface area contributed by atoms with Crippen molar-refractivity contribution in [3.63, 3.8) is 0 Å². The summed E-state index contributed by atoms with van der Waals surface area (Å²) in [4.78, 5) is 25.7. The molecule has 182 valence electrons. The molecule has 5 nitrogen and oxygen atoms in total. The number of esters is 1. The van der Waals surface area contributed by atoms with Crippen molar-refractivity contribution in [2.24, 2.45) is 0 Å². The van der Waals surface area contributed by atoms with Gasteiger partial charge in [-0.15, -0.1) is 5.46 Å². The van der Waals surface area contributed by atoms with Gasteiger partial charge in [0, 0.05) is 18.7 Å². The number of methoxy groups -OCH3 is 1. The normalized spacial score (nSPS) is 12.6. The Kier molecular flexibility index (Phi) is 6.61. The van der Waals surface area contributed by atoms with E-state index in [1.807, 2.05) is 48.5 Å². The van der Waals surface area contributed by atoms with E-state index in [1.54, 1.807) is 0 Å². The van der Waals surface area contributed by atoms with Crippen molar-refractivity contribution in [2.45, 2.75) is 19.3 Å². The SMILES string of the molecule is COC(=O)Cc1cc(N(C)C(=O)OCC2c3ccccc3-c3ccccc32)c(C)c([B-](F)(F)F)c1. The number of nitrogens with zero attached hydrogens (tertiary/aromatic N) is 1. The van der Waals surface area contributed by atoms with Gasteiger partial charge < -0.3 is 22.4 Å². The molecule has 0 saturated heterocycles. The topological polar surface area (TPSA) is 55.8 Å². The summed E-state index contributed by atoms with van der Waals surface area (Å²) in [6.07, 6.45) is -1.13. The first kappa shape index (κ1) is 24.4. The molecule has 0 N–H and O–H groups in total. The molecule has 0 saturated carbocycles. The zero-order valence-corrected chi connectivity index (χ0v) is 19.6. The maximum atomic E-state index is 13.7. The third-order valence-corrected chi connectivity index (χ3v) is 6.38. The molecule has 4 rings (SSSR count). The summed E-state index contributed by atoms with van der Waals surface area (Å²) in [5.74, 6) is -0.857. The molecule has 35 heavy (non-hydrogen) atoms. The van der Waals surface area contributed by atoms with E-state index in [0.29, 0.717) is 0 Å². The van der Waals surface area contributed by atoms with Gasteiger partial charge in [0.15, 0.2) is 0 Å². The van der Waals surface area contributed by atoms with E-state index in [1.165, 1.54) is 20.0 Å². The summed E-state index contributed by atoms with van der Waals surface area (Å²) in [5.41, 5.74) is 3.36. The van der Waals surface area contributed by atoms with Crippen LogP contribution in [0.25, 0.3) is 11.1 Å². The molecule has 3 aromatic carbocycles. The predicted molar refractivity (Wildman–Crippen MR) is 129 cm³/mol. The number of fused-ring (bicyclic) bond motifs is 3. The van der Waals surface area contributed by atoms with Crippen LogP contribution < -0.4 is 10.4 Å². The van der Waals surface area contributed by atoms with Gasteiger partial charge in [-0.05, 0) is 40.8 Å². The fourth-order valence-corrected chi connectivity index (χ4v) is 4.60. The van der Waals surface area contributed by atoms with Crippen molar-refractivity contribution in [1.82, 2.24) is 0 Å². The average molecular weight is 482 g/mol. The minimum Gasteiger partial charge on any atom is -0.469 e. The number of benzene rings is 3. The summed E-state index contributed by atoms with van der Waals surface area (Å²) in [5, 5.41) is 0. The molecule has 0 aliphatic heterocycles. The number of rotatable bonds is 6. The highest BCUT2D eigenvalue weighted by Crippen LogP contribution is 2.44. The van der Waals surface area contributed by atoms with Crippen molar-refractivity contribution in [1.29, 1.82) is 0 Å². The summed E-state index contributed by atoms with van der Waals surface area (Å²) in [6, 6.07) is 18.0. The van der Waals surface area contributed by atoms with E-state index in [-0.39, 0.29) is 35.8 Å². The fourth-order valence-electron chi connectivity index (χ4n) is 4.60. The lowest BCUT2D eigenvalue weighted by atomic mass is 9.75. The molecule has 9 heteroatoms. The highest BCUT2D eigenvalue weighted by molar-refractivity contribution is 6.74. The fraction of sp³-hybridized carbons (Fsp3) is 0.231. The third kappa shape index (κ3) is 4.76. The second-order valence-corrected chi connectivity index (χ2v) is 8.52. The van der Waals surface area contributed by atoms with Gasteiger partial charge in [0.25, 0.3) is 0 Å². The molecule has 0 radical (unpaired) electrons. The van der Waals surface area contributed by atoms with Crippen LogP contribution in [0, 0.1) is 6.92 Å². The van der Waals surface area contributed by atoms with Crippen molar-refractivity contribution < 1.29 is 32.0 Å². The van der Waals surface area contributed by atoms with Crippen molar-refractivity contribution >= 4 is 30.2 Å². The van der Waals surface area contributed by atoms with Gasteiger partial charge in [-0.1, -0.05) is 60.2 Å². The van der Waals surface area contributed by atoms with Crippen molar-refractivity contribution in [3.05, 3.63) is 82.9 Å². The van der Waals surface area contributed by atoms with Gasteiger partial charge in [-0.25, -0.2) is 4.79 Å². The molecule has 0 heterocycles. The molecule has 1 aliphatic rings. The molecule has 0 aromatic heterocycles. The van der Waals surface area contributed by atoms with Gasteiger partial charge >= 0.3 is 19.0 Å². The first-order chi connectivity index (χ1) is 16.6. The van der Waals surface area contributed by atoms with Crippen LogP contribution in [-0.4, -0.2) is 39.8 Å². The highest BCUT2D eigenvalue weighted by Gasteiger charge is 2.32. The molecule has 0 spiro atoms. The summed E-state index contributed by atoms with van der Waals surface area (Å²) in [6.45, 7) is -4.03. The van der Waals surface area contributed by atoms with Crippen LogP contribution in [0.3, 0.4) is 0 Å². The zero-order chi connectivity index (χ0) is 25.3. The monoisotopic (exact) mass is 482 g/mol. The molecule has 0 atom stereocenters. The first-order valence-corrected chi connectivity index (χ1v) is 11.1. The Labute approximate surface area is 201 Å². The Hall–Kier alpha value is -3.75. The first-order valence-electron chi connectivity index (χ1n) is 11.1. The number of ether oxygens (including phenoxy) is 2. The second kappa shape index (κ2) is 9.48. The largest absolute Gasteiger partial charge is 0.509 e. The van der Waals surface area contributed by atoms with Crippen LogP contribution in [0.2, 0.25) is 0 Å². The van der Waals surface area contributed by atoms with Gasteiger partial charge in [-0.2, -0.15) is 0 Å². The number of halogens is 3. The van der Waals surface area contributed by atoms with Crippen molar-refractivity contribution in [3.8, 4) is 11.1 Å². The lowest BCUT2D eigenvalue weighted by molar-refractivity contribution is -0.139. The Morgan fingerprint density at radius 3 is 2.09 bits per heavy atom. The van der Waals surface area contributed by atoms with Crippen LogP contribution in [0.5, 0.6) is 0 Å². The second-order valence-electron chi connectivity index (χ2n) is 8.52. The number of hydrogen-bond acceptors (Lipinski definition) is 4. The maximum Gasteiger partial charge on any atom is 0.509 e. The summed E-state index contributed by atoms with van der Waals surface area (Å²) >= 11 is 0. The molecule has 0 bridgehead atoms. The van der Waals surface area contributed by atoms with E-state index in [0.717, 1.165) is 40.3 Å². The lowest BCUT2D eigenvalue weighted by Gasteiger charge is -2.26. The van der Waals surface area contributed by atoms with E-state index < -0.39 is 24.5 Å². The summed E-state index contributed by atoms with van der Waals surface area (Å²) in [7, 11) is 2.52. The predicted octanol–water partition coefficient (Wildman–Crippen LogP) is 5.15. The standard InChI is InChI=1S/C26H24BF3NO4/c1-16-23(27(28,29)30)12-17(14-25(32)34-3)13-24(16)31(2)26(33)35-15-22-20-10-6-4-8-18(20)19-9-5-7-11-21(19)22/h4-13,22H,14-15H2,1-3H3/q-1. The smallest absolute Gasteiger partial charge is 0.469 e. The highest BCUT2D eigenvalue weighted by atomic mass is 19.4. The summed E-state index contributed by atoms with van der Waals surface area (Å²) < 4.78 is 51.4. The Balaban J connectivity index is 1.60. The van der Waals surface area contributed by atoms with Crippen molar-refractivity contribution in [2.75, 3.05) is 25.7 Å². The Bertz CT molecular complexity index is 1250. The minimum atomic E-state index is -5.37. The molecule has 3 aromatic rings. The number of carbonyl (C=O) groups is 2. The zero-order valence-electron chi connectivity index (χ0n) is 19.6. The van der Waals surface area contributed by atoms with Gasteiger partial charge in [0.05, 0.1) is 13.5 Å². The number of anilines is 1. The van der Waals surface area contributed by atoms with E-state index in [4.69, 9.17) is 4.74 Å². The van der Waals surface area contributed by atoms with E-state index >= 15 is 0 Å². The van der Waals surface area contributed by atoms with Crippen LogP contribution >= 0.6 is 0 Å². The van der Waals surface area contributed by atoms with Gasteiger partial charge in [0.2, 0.25) is 0 Å². The van der Waals surface area contributed by atoms with Gasteiger partial charge in [-0.3, -0.25) is 9.69 Å². The quantitative estimate of drug-likeness (QED) is 0.360. The Morgan fingerprint density at radius 2 is 1.54 bits per heavy atom. The maximum absolute atomic E-state index is 13.7. The minimum absolute atomic E-state index is 0.0258. The van der Waals surface area contributed by atoms with Gasteiger partial charge in [0.1, 0.15) is 6.61 Å². The third-order valence-electron chi connectivity index (χ3n) is 6.38. The number of carbonyl (C=O) groups excluding carboxylic acids is 2. The average Bonchev–Trinajstić information content (AvgIpc) is 3.16. The molecule has 0 unspecified atom stereocenters. The Morgan fingerprint density at radius 1 is 0.971 bits per heavy atom. The van der Waals surface area contributed by atoms with Crippen LogP contribution in [-0.2, 0) is 20.7 Å². The molecular formula is C26H24BF3NO4-. The van der Waals surface area contributed by atoms with Crippen LogP contribution in [0.1, 0.15) is 28.2 Å². The molecule has 0 fully saturated rings. The van der Waals surface area contributed by atoms with E-state index in [2.05, 4.69) is 4.74 Å². The van der Waals surface area contributed by atoms with E-state index in [9.17, 15) is 22.5 Å². The molecular weight excluding hydrogens is 458 g/mol. The number of amides is 1. The molecule has 1 aliphatic carbocycles. The molecule has 1 amide bonds.